The van der Waals surface area contributed by atoms with Gasteiger partial charge in [-0.1, -0.05) is 20.3 Å². The van der Waals surface area contributed by atoms with Crippen molar-refractivity contribution in [2.24, 2.45) is 5.92 Å². The van der Waals surface area contributed by atoms with Crippen LogP contribution < -0.4 is 5.32 Å². The molecule has 3 unspecified atom stereocenters. The number of hydrogen-bond acceptors (Lipinski definition) is 3. The van der Waals surface area contributed by atoms with Crippen LogP contribution in [0.2, 0.25) is 0 Å². The molecule has 16 heavy (non-hydrogen) atoms. The van der Waals surface area contributed by atoms with E-state index >= 15 is 0 Å². The first-order chi connectivity index (χ1) is 7.79. The molecule has 1 heterocycles. The van der Waals surface area contributed by atoms with E-state index in [4.69, 9.17) is 0 Å². The smallest absolute Gasteiger partial charge is 0.0147 e. The molecular weight excluding hydrogens is 216 g/mol. The van der Waals surface area contributed by atoms with Gasteiger partial charge in [-0.05, 0) is 25.3 Å². The van der Waals surface area contributed by atoms with Gasteiger partial charge in [0, 0.05) is 36.7 Å². The quantitative estimate of drug-likeness (QED) is 0.814. The first kappa shape index (κ1) is 12.7. The Morgan fingerprint density at radius 3 is 3.00 bits per heavy atom. The highest BCUT2D eigenvalue weighted by Crippen LogP contribution is 2.28. The van der Waals surface area contributed by atoms with Crippen molar-refractivity contribution in [2.45, 2.75) is 44.4 Å². The highest BCUT2D eigenvalue weighted by molar-refractivity contribution is 7.99. The lowest BCUT2D eigenvalue weighted by Crippen LogP contribution is -2.43. The van der Waals surface area contributed by atoms with Gasteiger partial charge < -0.3 is 10.2 Å². The van der Waals surface area contributed by atoms with Crippen molar-refractivity contribution in [1.29, 1.82) is 0 Å². The zero-order chi connectivity index (χ0) is 11.4. The lowest BCUT2D eigenvalue weighted by molar-refractivity contribution is 0.222. The van der Waals surface area contributed by atoms with E-state index in [2.05, 4.69) is 35.8 Å². The predicted octanol–water partition coefficient (Wildman–Crippen LogP) is 2.20. The van der Waals surface area contributed by atoms with Crippen LogP contribution in [0.5, 0.6) is 0 Å². The van der Waals surface area contributed by atoms with Gasteiger partial charge in [0.2, 0.25) is 0 Å². The Kier molecular flexibility index (Phi) is 4.98. The standard InChI is InChI=1S/C13H26N2S/c1-3-14-13-6-4-5-12(13)10-15-7-8-16-11(2)9-15/h11-14H,3-10H2,1-2H3. The summed E-state index contributed by atoms with van der Waals surface area (Å²) in [5.74, 6) is 2.25. The highest BCUT2D eigenvalue weighted by atomic mass is 32.2. The van der Waals surface area contributed by atoms with Crippen molar-refractivity contribution in [3.8, 4) is 0 Å². The molecule has 3 heteroatoms. The van der Waals surface area contributed by atoms with Gasteiger partial charge in [-0.3, -0.25) is 0 Å². The molecule has 1 aliphatic heterocycles. The van der Waals surface area contributed by atoms with Crippen molar-refractivity contribution in [3.63, 3.8) is 0 Å². The molecule has 0 radical (unpaired) electrons. The van der Waals surface area contributed by atoms with Gasteiger partial charge in [0.05, 0.1) is 0 Å². The minimum absolute atomic E-state index is 0.801. The Balaban J connectivity index is 1.79. The Bertz CT molecular complexity index is 210. The summed E-state index contributed by atoms with van der Waals surface area (Å²) in [6.45, 7) is 9.68. The number of hydrogen-bond donors (Lipinski definition) is 1. The summed E-state index contributed by atoms with van der Waals surface area (Å²) in [6, 6.07) is 0.801. The van der Waals surface area contributed by atoms with Gasteiger partial charge in [0.15, 0.2) is 0 Å². The topological polar surface area (TPSA) is 15.3 Å². The molecule has 2 rings (SSSR count). The summed E-state index contributed by atoms with van der Waals surface area (Å²) in [6.07, 6.45) is 4.27. The van der Waals surface area contributed by atoms with Crippen molar-refractivity contribution in [2.75, 3.05) is 31.9 Å². The molecule has 0 aromatic rings. The first-order valence-corrected chi connectivity index (χ1v) is 7.91. The molecule has 1 aliphatic carbocycles. The third-order valence-electron chi connectivity index (χ3n) is 3.94. The molecule has 0 aromatic carbocycles. The van der Waals surface area contributed by atoms with E-state index in [-0.39, 0.29) is 0 Å². The number of nitrogens with one attached hydrogen (secondary N) is 1. The predicted molar refractivity (Wildman–Crippen MR) is 73.2 cm³/mol. The van der Waals surface area contributed by atoms with Crippen LogP contribution in [0.4, 0.5) is 0 Å². The Hall–Kier alpha value is 0.270. The fraction of sp³-hybridized carbons (Fsp3) is 1.00. The second-order valence-electron chi connectivity index (χ2n) is 5.30. The molecule has 1 saturated heterocycles. The molecule has 1 N–H and O–H groups in total. The SMILES string of the molecule is CCNC1CCCC1CN1CCSC(C)C1. The van der Waals surface area contributed by atoms with E-state index < -0.39 is 0 Å². The molecule has 2 fully saturated rings. The van der Waals surface area contributed by atoms with Crippen LogP contribution in [-0.4, -0.2) is 48.1 Å². The van der Waals surface area contributed by atoms with Gasteiger partial charge in [0.25, 0.3) is 0 Å². The Morgan fingerprint density at radius 2 is 2.25 bits per heavy atom. The summed E-state index contributed by atoms with van der Waals surface area (Å²) in [4.78, 5) is 2.70. The monoisotopic (exact) mass is 242 g/mol. The van der Waals surface area contributed by atoms with E-state index in [0.29, 0.717) is 0 Å². The second kappa shape index (κ2) is 6.27. The second-order valence-corrected chi connectivity index (χ2v) is 6.84. The fourth-order valence-electron chi connectivity index (χ4n) is 3.17. The molecule has 0 spiro atoms. The van der Waals surface area contributed by atoms with Crippen molar-refractivity contribution in [1.82, 2.24) is 10.2 Å². The maximum absolute atomic E-state index is 3.66. The largest absolute Gasteiger partial charge is 0.314 e. The van der Waals surface area contributed by atoms with Crippen LogP contribution in [0.3, 0.4) is 0 Å². The summed E-state index contributed by atoms with van der Waals surface area (Å²) in [5, 5.41) is 4.50. The molecular formula is C13H26N2S. The van der Waals surface area contributed by atoms with Gasteiger partial charge in [-0.2, -0.15) is 11.8 Å². The van der Waals surface area contributed by atoms with E-state index in [0.717, 1.165) is 23.8 Å². The van der Waals surface area contributed by atoms with Crippen LogP contribution in [0, 0.1) is 5.92 Å². The van der Waals surface area contributed by atoms with Gasteiger partial charge in [-0.15, -0.1) is 0 Å². The number of thioether (sulfide) groups is 1. The normalized spacial score (nSPS) is 36.8. The summed E-state index contributed by atoms with van der Waals surface area (Å²) < 4.78 is 0. The minimum atomic E-state index is 0.801. The van der Waals surface area contributed by atoms with Crippen LogP contribution in [0.15, 0.2) is 0 Å². The van der Waals surface area contributed by atoms with Crippen molar-refractivity contribution in [3.05, 3.63) is 0 Å². The molecule has 94 valence electrons. The van der Waals surface area contributed by atoms with Crippen LogP contribution in [0.25, 0.3) is 0 Å². The lowest BCUT2D eigenvalue weighted by atomic mass is 10.0. The summed E-state index contributed by atoms with van der Waals surface area (Å²) in [5.41, 5.74) is 0. The van der Waals surface area contributed by atoms with E-state index in [1.54, 1.807) is 0 Å². The summed E-state index contributed by atoms with van der Waals surface area (Å²) >= 11 is 2.13. The molecule has 3 atom stereocenters. The zero-order valence-corrected chi connectivity index (χ0v) is 11.6. The van der Waals surface area contributed by atoms with Crippen molar-refractivity contribution < 1.29 is 0 Å². The maximum Gasteiger partial charge on any atom is 0.0147 e. The molecule has 2 nitrogen and oxygen atoms in total. The van der Waals surface area contributed by atoms with Gasteiger partial charge >= 0.3 is 0 Å². The van der Waals surface area contributed by atoms with Crippen LogP contribution >= 0.6 is 11.8 Å². The van der Waals surface area contributed by atoms with Crippen molar-refractivity contribution >= 4 is 11.8 Å². The zero-order valence-electron chi connectivity index (χ0n) is 10.7. The molecule has 0 bridgehead atoms. The summed E-state index contributed by atoms with van der Waals surface area (Å²) in [7, 11) is 0. The molecule has 0 aromatic heterocycles. The Morgan fingerprint density at radius 1 is 1.38 bits per heavy atom. The van der Waals surface area contributed by atoms with Crippen LogP contribution in [0.1, 0.15) is 33.1 Å². The maximum atomic E-state index is 3.66. The van der Waals surface area contributed by atoms with E-state index in [1.807, 2.05) is 0 Å². The van der Waals surface area contributed by atoms with E-state index in [1.165, 1.54) is 44.6 Å². The average molecular weight is 242 g/mol. The van der Waals surface area contributed by atoms with Gasteiger partial charge in [-0.25, -0.2) is 0 Å². The highest BCUT2D eigenvalue weighted by Gasteiger charge is 2.29. The molecule has 1 saturated carbocycles. The van der Waals surface area contributed by atoms with E-state index in [9.17, 15) is 0 Å². The third kappa shape index (κ3) is 3.38. The fourth-order valence-corrected chi connectivity index (χ4v) is 4.26. The lowest BCUT2D eigenvalue weighted by Gasteiger charge is -2.34. The number of nitrogens with zero attached hydrogens (tertiary/aromatic N) is 1. The molecule has 2 aliphatic rings. The third-order valence-corrected chi connectivity index (χ3v) is 5.08. The number of rotatable bonds is 4. The first-order valence-electron chi connectivity index (χ1n) is 6.87. The Labute approximate surface area is 105 Å². The minimum Gasteiger partial charge on any atom is -0.314 e. The van der Waals surface area contributed by atoms with Gasteiger partial charge in [0.1, 0.15) is 0 Å². The van der Waals surface area contributed by atoms with Crippen LogP contribution in [-0.2, 0) is 0 Å². The average Bonchev–Trinajstić information content (AvgIpc) is 2.66. The molecule has 0 amide bonds.